The highest BCUT2D eigenvalue weighted by molar-refractivity contribution is 5.32. The monoisotopic (exact) mass is 137 g/mol. The van der Waals surface area contributed by atoms with Crippen molar-refractivity contribution in [2.75, 3.05) is 0 Å². The fraction of sp³-hybridized carbons (Fsp3) is 0.556. The molecule has 0 radical (unpaired) electrons. The Morgan fingerprint density at radius 2 is 2.50 bits per heavy atom. The van der Waals surface area contributed by atoms with E-state index < -0.39 is 0 Å². The molecule has 1 atom stereocenters. The van der Waals surface area contributed by atoms with Crippen LogP contribution in [0.3, 0.4) is 0 Å². The smallest absolute Gasteiger partial charge is 0.0294 e. The van der Waals surface area contributed by atoms with E-state index in [1.165, 1.54) is 18.4 Å². The second-order valence-electron chi connectivity index (χ2n) is 2.98. The first kappa shape index (κ1) is 7.55. The summed E-state index contributed by atoms with van der Waals surface area (Å²) in [5.74, 6) is 0. The van der Waals surface area contributed by atoms with Crippen molar-refractivity contribution in [3.05, 3.63) is 23.8 Å². The molecule has 10 heavy (non-hydrogen) atoms. The maximum absolute atomic E-state index is 5.85. The summed E-state index contributed by atoms with van der Waals surface area (Å²) in [5, 5.41) is 0. The Bertz CT molecular complexity index is 168. The van der Waals surface area contributed by atoms with Crippen molar-refractivity contribution in [3.8, 4) is 0 Å². The third-order valence-electron chi connectivity index (χ3n) is 1.98. The van der Waals surface area contributed by atoms with Gasteiger partial charge in [0.2, 0.25) is 0 Å². The normalized spacial score (nSPS) is 25.8. The van der Waals surface area contributed by atoms with Crippen LogP contribution in [0.25, 0.3) is 0 Å². The summed E-state index contributed by atoms with van der Waals surface area (Å²) in [4.78, 5) is 0. The number of nitrogens with two attached hydrogens (primary N) is 1. The molecule has 0 spiro atoms. The quantitative estimate of drug-likeness (QED) is 0.587. The summed E-state index contributed by atoms with van der Waals surface area (Å²) in [7, 11) is 0. The Kier molecular flexibility index (Phi) is 2.28. The van der Waals surface area contributed by atoms with Gasteiger partial charge >= 0.3 is 0 Å². The maximum atomic E-state index is 5.85. The van der Waals surface area contributed by atoms with Gasteiger partial charge in [0.15, 0.2) is 0 Å². The second-order valence-corrected chi connectivity index (χ2v) is 2.98. The molecule has 0 aromatic carbocycles. The van der Waals surface area contributed by atoms with Crippen molar-refractivity contribution in [3.63, 3.8) is 0 Å². The lowest BCUT2D eigenvalue weighted by Gasteiger charge is -2.20. The van der Waals surface area contributed by atoms with Crippen LogP contribution in [-0.2, 0) is 0 Å². The van der Waals surface area contributed by atoms with Gasteiger partial charge in [-0.2, -0.15) is 0 Å². The van der Waals surface area contributed by atoms with E-state index in [4.69, 9.17) is 5.73 Å². The maximum Gasteiger partial charge on any atom is 0.0294 e. The Labute approximate surface area is 62.6 Å². The third-order valence-corrected chi connectivity index (χ3v) is 1.98. The van der Waals surface area contributed by atoms with Crippen LogP contribution in [0.1, 0.15) is 26.2 Å². The lowest BCUT2D eigenvalue weighted by Crippen LogP contribution is -2.25. The van der Waals surface area contributed by atoms with Gasteiger partial charge in [-0.15, -0.1) is 0 Å². The highest BCUT2D eigenvalue weighted by atomic mass is 14.6. The van der Waals surface area contributed by atoms with Gasteiger partial charge in [0, 0.05) is 6.04 Å². The predicted molar refractivity (Wildman–Crippen MR) is 44.7 cm³/mol. The van der Waals surface area contributed by atoms with Gasteiger partial charge < -0.3 is 5.73 Å². The summed E-state index contributed by atoms with van der Waals surface area (Å²) in [6, 6.07) is 0.256. The van der Waals surface area contributed by atoms with Crippen LogP contribution in [0.4, 0.5) is 0 Å². The minimum atomic E-state index is 0.256. The highest BCUT2D eigenvalue weighted by Crippen LogP contribution is 2.21. The van der Waals surface area contributed by atoms with Crippen LogP contribution in [-0.4, -0.2) is 6.04 Å². The van der Waals surface area contributed by atoms with Crippen LogP contribution < -0.4 is 5.73 Å². The minimum absolute atomic E-state index is 0.256. The molecule has 0 saturated carbocycles. The molecule has 1 aliphatic rings. The molecular weight excluding hydrogens is 122 g/mol. The van der Waals surface area contributed by atoms with E-state index >= 15 is 0 Å². The zero-order valence-corrected chi connectivity index (χ0v) is 6.56. The van der Waals surface area contributed by atoms with Crippen LogP contribution in [0.5, 0.6) is 0 Å². The number of hydrogen-bond donors (Lipinski definition) is 1. The Morgan fingerprint density at radius 1 is 1.80 bits per heavy atom. The number of hydrogen-bond acceptors (Lipinski definition) is 1. The largest absolute Gasteiger partial charge is 0.324 e. The average Bonchev–Trinajstić information content (AvgIpc) is 1.88. The molecule has 1 nitrogen and oxygen atoms in total. The van der Waals surface area contributed by atoms with Crippen molar-refractivity contribution in [1.82, 2.24) is 0 Å². The molecule has 56 valence electrons. The first-order valence-corrected chi connectivity index (χ1v) is 3.83. The van der Waals surface area contributed by atoms with Crippen molar-refractivity contribution in [1.29, 1.82) is 0 Å². The molecule has 1 heteroatoms. The Morgan fingerprint density at radius 3 is 2.90 bits per heavy atom. The number of rotatable bonds is 1. The SMILES string of the molecule is C=C(C)C1=CCCCC1N. The molecule has 1 rings (SSSR count). The predicted octanol–water partition coefficient (Wildman–Crippen LogP) is 2.00. The molecule has 1 unspecified atom stereocenters. The van der Waals surface area contributed by atoms with E-state index in [2.05, 4.69) is 12.7 Å². The van der Waals surface area contributed by atoms with Gasteiger partial charge in [0.05, 0.1) is 0 Å². The van der Waals surface area contributed by atoms with E-state index in [1.54, 1.807) is 0 Å². The second kappa shape index (κ2) is 3.02. The molecular formula is C9H15N. The Balaban J connectivity index is 2.71. The van der Waals surface area contributed by atoms with Gasteiger partial charge in [-0.25, -0.2) is 0 Å². The highest BCUT2D eigenvalue weighted by Gasteiger charge is 2.12. The van der Waals surface area contributed by atoms with Crippen LogP contribution in [0.15, 0.2) is 23.8 Å². The zero-order chi connectivity index (χ0) is 7.56. The van der Waals surface area contributed by atoms with Crippen molar-refractivity contribution < 1.29 is 0 Å². The first-order chi connectivity index (χ1) is 4.72. The van der Waals surface area contributed by atoms with Gasteiger partial charge in [-0.05, 0) is 31.8 Å². The van der Waals surface area contributed by atoms with E-state index in [0.717, 1.165) is 12.0 Å². The van der Waals surface area contributed by atoms with Crippen molar-refractivity contribution >= 4 is 0 Å². The first-order valence-electron chi connectivity index (χ1n) is 3.83. The van der Waals surface area contributed by atoms with Gasteiger partial charge in [-0.3, -0.25) is 0 Å². The summed E-state index contributed by atoms with van der Waals surface area (Å²) in [6.45, 7) is 5.91. The van der Waals surface area contributed by atoms with Gasteiger partial charge in [0.1, 0.15) is 0 Å². The third kappa shape index (κ3) is 1.48. The van der Waals surface area contributed by atoms with Crippen LogP contribution in [0, 0.1) is 0 Å². The molecule has 0 aliphatic heterocycles. The summed E-state index contributed by atoms with van der Waals surface area (Å²) in [5.41, 5.74) is 8.25. The lowest BCUT2D eigenvalue weighted by atomic mass is 9.91. The van der Waals surface area contributed by atoms with Gasteiger partial charge in [0.25, 0.3) is 0 Å². The van der Waals surface area contributed by atoms with Crippen molar-refractivity contribution in [2.45, 2.75) is 32.2 Å². The fourth-order valence-electron chi connectivity index (χ4n) is 1.39. The standard InChI is InChI=1S/C9H15N/c1-7(2)8-5-3-4-6-9(8)10/h5,9H,1,3-4,6,10H2,2H3. The van der Waals surface area contributed by atoms with E-state index in [9.17, 15) is 0 Å². The molecule has 0 bridgehead atoms. The fourth-order valence-corrected chi connectivity index (χ4v) is 1.39. The Hall–Kier alpha value is -0.560. The minimum Gasteiger partial charge on any atom is -0.324 e. The summed E-state index contributed by atoms with van der Waals surface area (Å²) in [6.07, 6.45) is 5.75. The topological polar surface area (TPSA) is 26.0 Å². The van der Waals surface area contributed by atoms with Crippen LogP contribution >= 0.6 is 0 Å². The summed E-state index contributed by atoms with van der Waals surface area (Å²) >= 11 is 0. The van der Waals surface area contributed by atoms with Crippen LogP contribution in [0.2, 0.25) is 0 Å². The summed E-state index contributed by atoms with van der Waals surface area (Å²) < 4.78 is 0. The molecule has 1 aliphatic carbocycles. The van der Waals surface area contributed by atoms with Gasteiger partial charge in [-0.1, -0.05) is 18.2 Å². The molecule has 0 aromatic rings. The van der Waals surface area contributed by atoms with E-state index in [-0.39, 0.29) is 6.04 Å². The van der Waals surface area contributed by atoms with Crippen molar-refractivity contribution in [2.24, 2.45) is 5.73 Å². The lowest BCUT2D eigenvalue weighted by molar-refractivity contribution is 0.620. The molecule has 0 aromatic heterocycles. The van der Waals surface area contributed by atoms with E-state index in [0.29, 0.717) is 0 Å². The molecule has 2 N–H and O–H groups in total. The average molecular weight is 137 g/mol. The molecule has 0 amide bonds. The number of allylic oxidation sites excluding steroid dienone is 1. The zero-order valence-electron chi connectivity index (χ0n) is 6.56. The molecule has 0 heterocycles. The molecule has 0 saturated heterocycles. The molecule has 0 fully saturated rings. The van der Waals surface area contributed by atoms with E-state index in [1.807, 2.05) is 6.92 Å².